The molecule has 5 rings (SSSR count). The van der Waals surface area contributed by atoms with E-state index < -0.39 is 0 Å². The normalized spacial score (nSPS) is 11.0. The summed E-state index contributed by atoms with van der Waals surface area (Å²) >= 11 is 12.3. The van der Waals surface area contributed by atoms with Crippen LogP contribution in [0.5, 0.6) is 11.5 Å². The van der Waals surface area contributed by atoms with Gasteiger partial charge in [0.25, 0.3) is 5.91 Å². The summed E-state index contributed by atoms with van der Waals surface area (Å²) in [6.45, 7) is 4.10. The second kappa shape index (κ2) is 13.3. The van der Waals surface area contributed by atoms with E-state index >= 15 is 0 Å². The summed E-state index contributed by atoms with van der Waals surface area (Å²) in [7, 11) is 1.57. The highest BCUT2D eigenvalue weighted by atomic mass is 35.5. The molecule has 6 nitrogen and oxygen atoms in total. The molecule has 5 aromatic rings. The first kappa shape index (κ1) is 28.9. The van der Waals surface area contributed by atoms with Crippen LogP contribution in [-0.2, 0) is 13.0 Å². The van der Waals surface area contributed by atoms with Gasteiger partial charge < -0.3 is 9.47 Å². The predicted octanol–water partition coefficient (Wildman–Crippen LogP) is 8.29. The van der Waals surface area contributed by atoms with Gasteiger partial charge >= 0.3 is 0 Å². The lowest BCUT2D eigenvalue weighted by Crippen LogP contribution is -2.18. The van der Waals surface area contributed by atoms with E-state index in [1.807, 2.05) is 66.7 Å². The molecule has 0 unspecified atom stereocenters. The number of hydrogen-bond acceptors (Lipinski definition) is 5. The summed E-state index contributed by atoms with van der Waals surface area (Å²) in [6, 6.07) is 28.0. The Morgan fingerprint density at radius 3 is 2.52 bits per heavy atom. The number of pyridine rings is 1. The van der Waals surface area contributed by atoms with Crippen molar-refractivity contribution in [1.29, 1.82) is 0 Å². The van der Waals surface area contributed by atoms with E-state index in [0.29, 0.717) is 44.8 Å². The van der Waals surface area contributed by atoms with Crippen LogP contribution in [-0.4, -0.2) is 24.2 Å². The third kappa shape index (κ3) is 6.62. The number of carbonyl (C=O) groups excluding carboxylic acids is 1. The maximum absolute atomic E-state index is 13.3. The SMILES string of the molecule is C=CCc1cc(/C=N/NC(=O)c2cc(-c3ccccc3)nc3ccccc23)cc(OC)c1OCc1ccc(Cl)cc1Cl. The van der Waals surface area contributed by atoms with E-state index in [1.54, 1.807) is 43.7 Å². The van der Waals surface area contributed by atoms with Gasteiger partial charge in [0, 0.05) is 32.1 Å². The van der Waals surface area contributed by atoms with Gasteiger partial charge in [-0.25, -0.2) is 10.4 Å². The van der Waals surface area contributed by atoms with Crippen LogP contribution in [0, 0.1) is 0 Å². The number of amides is 1. The molecule has 1 amide bonds. The average Bonchev–Trinajstić information content (AvgIpc) is 3.01. The van der Waals surface area contributed by atoms with Crippen molar-refractivity contribution in [2.45, 2.75) is 13.0 Å². The molecule has 0 aliphatic rings. The molecule has 0 radical (unpaired) electrons. The molecule has 8 heteroatoms. The summed E-state index contributed by atoms with van der Waals surface area (Å²) in [6.07, 6.45) is 3.87. The molecule has 210 valence electrons. The quantitative estimate of drug-likeness (QED) is 0.100. The summed E-state index contributed by atoms with van der Waals surface area (Å²) < 4.78 is 11.8. The summed E-state index contributed by atoms with van der Waals surface area (Å²) in [5.41, 5.74) is 7.84. The zero-order valence-electron chi connectivity index (χ0n) is 22.8. The van der Waals surface area contributed by atoms with Crippen LogP contribution in [0.3, 0.4) is 0 Å². The van der Waals surface area contributed by atoms with Gasteiger partial charge in [-0.1, -0.05) is 83.9 Å². The van der Waals surface area contributed by atoms with Gasteiger partial charge in [-0.05, 0) is 48.4 Å². The number of methoxy groups -OCH3 is 1. The standard InChI is InChI=1S/C34H27Cl2N3O3/c1-3-9-24-16-22(17-32(41-2)33(24)42-21-25-14-15-26(35)18-29(25)36)20-37-39-34(40)28-19-31(23-10-5-4-6-11-23)38-30-13-8-7-12-27(28)30/h3-8,10-20H,1,9,21H2,2H3,(H,39,40)/b37-20+. The highest BCUT2D eigenvalue weighted by Crippen LogP contribution is 2.35. The number of nitrogens with zero attached hydrogens (tertiary/aromatic N) is 2. The Balaban J connectivity index is 1.39. The Hall–Kier alpha value is -4.65. The van der Waals surface area contributed by atoms with E-state index in [0.717, 1.165) is 27.6 Å². The summed E-state index contributed by atoms with van der Waals surface area (Å²) in [5, 5.41) is 6.06. The Kier molecular flexibility index (Phi) is 9.17. The van der Waals surface area contributed by atoms with Gasteiger partial charge in [-0.3, -0.25) is 4.79 Å². The first-order chi connectivity index (χ1) is 20.5. The predicted molar refractivity (Wildman–Crippen MR) is 170 cm³/mol. The van der Waals surface area contributed by atoms with Crippen molar-refractivity contribution in [1.82, 2.24) is 10.4 Å². The molecule has 0 saturated heterocycles. The van der Waals surface area contributed by atoms with E-state index in [2.05, 4.69) is 17.1 Å². The minimum atomic E-state index is -0.347. The zero-order valence-corrected chi connectivity index (χ0v) is 24.3. The smallest absolute Gasteiger partial charge is 0.272 e. The fourth-order valence-corrected chi connectivity index (χ4v) is 4.98. The van der Waals surface area contributed by atoms with Gasteiger partial charge in [0.1, 0.15) is 6.61 Å². The van der Waals surface area contributed by atoms with Crippen molar-refractivity contribution in [2.24, 2.45) is 5.10 Å². The molecule has 0 saturated carbocycles. The topological polar surface area (TPSA) is 72.8 Å². The number of rotatable bonds is 10. The number of benzene rings is 4. The number of fused-ring (bicyclic) bond motifs is 1. The van der Waals surface area contributed by atoms with Crippen LogP contribution in [0.15, 0.2) is 109 Å². The summed E-state index contributed by atoms with van der Waals surface area (Å²) in [5.74, 6) is 0.737. The number of para-hydroxylation sites is 1. The van der Waals surface area contributed by atoms with Crippen molar-refractivity contribution in [3.63, 3.8) is 0 Å². The molecule has 1 heterocycles. The highest BCUT2D eigenvalue weighted by Gasteiger charge is 2.15. The second-order valence-electron chi connectivity index (χ2n) is 9.37. The van der Waals surface area contributed by atoms with Crippen LogP contribution in [0.2, 0.25) is 10.0 Å². The summed E-state index contributed by atoms with van der Waals surface area (Å²) in [4.78, 5) is 18.1. The number of carbonyl (C=O) groups is 1. The minimum Gasteiger partial charge on any atom is -0.493 e. The Morgan fingerprint density at radius 1 is 0.976 bits per heavy atom. The molecule has 1 N–H and O–H groups in total. The van der Waals surface area contributed by atoms with Gasteiger partial charge in [0.2, 0.25) is 0 Å². The number of hydrazone groups is 1. The molecule has 42 heavy (non-hydrogen) atoms. The number of aromatic nitrogens is 1. The van der Waals surface area contributed by atoms with E-state index in [9.17, 15) is 4.79 Å². The fourth-order valence-electron chi connectivity index (χ4n) is 4.52. The van der Waals surface area contributed by atoms with E-state index in [-0.39, 0.29) is 12.5 Å². The fraction of sp³-hybridized carbons (Fsp3) is 0.0882. The number of allylic oxidation sites excluding steroid dienone is 1. The van der Waals surface area contributed by atoms with Crippen molar-refractivity contribution < 1.29 is 14.3 Å². The van der Waals surface area contributed by atoms with Crippen LogP contribution in [0.25, 0.3) is 22.2 Å². The highest BCUT2D eigenvalue weighted by molar-refractivity contribution is 6.35. The van der Waals surface area contributed by atoms with Gasteiger partial charge in [0.05, 0.1) is 30.1 Å². The van der Waals surface area contributed by atoms with E-state index in [4.69, 9.17) is 37.7 Å². The number of halogens is 2. The van der Waals surface area contributed by atoms with Gasteiger partial charge in [-0.2, -0.15) is 5.10 Å². The maximum atomic E-state index is 13.3. The van der Waals surface area contributed by atoms with Crippen molar-refractivity contribution >= 4 is 46.2 Å². The lowest BCUT2D eigenvalue weighted by atomic mass is 10.0. The first-order valence-electron chi connectivity index (χ1n) is 13.1. The number of ether oxygens (including phenoxy) is 2. The Morgan fingerprint density at radius 2 is 1.76 bits per heavy atom. The van der Waals surface area contributed by atoms with Gasteiger partial charge in [-0.15, -0.1) is 6.58 Å². The van der Waals surface area contributed by atoms with Gasteiger partial charge in [0.15, 0.2) is 11.5 Å². The van der Waals surface area contributed by atoms with Crippen molar-refractivity contribution in [3.05, 3.63) is 136 Å². The third-order valence-corrected chi connectivity index (χ3v) is 7.12. The molecule has 0 aliphatic carbocycles. The van der Waals surface area contributed by atoms with Crippen LogP contribution >= 0.6 is 23.2 Å². The van der Waals surface area contributed by atoms with Crippen LogP contribution < -0.4 is 14.9 Å². The molecule has 4 aromatic carbocycles. The molecular formula is C34H27Cl2N3O3. The Labute approximate surface area is 254 Å². The Bertz CT molecular complexity index is 1790. The first-order valence-corrected chi connectivity index (χ1v) is 13.9. The second-order valence-corrected chi connectivity index (χ2v) is 10.2. The monoisotopic (exact) mass is 595 g/mol. The van der Waals surface area contributed by atoms with Crippen molar-refractivity contribution in [3.8, 4) is 22.8 Å². The minimum absolute atomic E-state index is 0.227. The zero-order chi connectivity index (χ0) is 29.5. The largest absolute Gasteiger partial charge is 0.493 e. The molecule has 0 fully saturated rings. The van der Waals surface area contributed by atoms with Crippen LogP contribution in [0.1, 0.15) is 27.0 Å². The lowest BCUT2D eigenvalue weighted by molar-refractivity contribution is 0.0956. The third-order valence-electron chi connectivity index (χ3n) is 6.54. The van der Waals surface area contributed by atoms with Crippen LogP contribution in [0.4, 0.5) is 0 Å². The average molecular weight is 597 g/mol. The number of hydrogen-bond donors (Lipinski definition) is 1. The molecule has 0 spiro atoms. The van der Waals surface area contributed by atoms with E-state index in [1.165, 1.54) is 0 Å². The molecule has 0 aliphatic heterocycles. The number of nitrogens with one attached hydrogen (secondary N) is 1. The maximum Gasteiger partial charge on any atom is 0.272 e. The molecule has 0 atom stereocenters. The lowest BCUT2D eigenvalue weighted by Gasteiger charge is -2.16. The molecule has 0 bridgehead atoms. The molecule has 1 aromatic heterocycles. The van der Waals surface area contributed by atoms with Crippen molar-refractivity contribution in [2.75, 3.05) is 7.11 Å². The molecular weight excluding hydrogens is 569 g/mol.